The zero-order valence-corrected chi connectivity index (χ0v) is 8.92. The first-order chi connectivity index (χ1) is 6.18. The van der Waals surface area contributed by atoms with Crippen molar-refractivity contribution in [2.45, 2.75) is 31.7 Å². The number of thioether (sulfide) groups is 1. The number of nitrogens with one attached hydrogen (secondary N) is 1. The molecule has 0 saturated heterocycles. The van der Waals surface area contributed by atoms with Crippen molar-refractivity contribution in [1.82, 2.24) is 5.32 Å². The molecule has 3 nitrogen and oxygen atoms in total. The maximum absolute atomic E-state index is 10.2. The topological polar surface area (TPSA) is 49.3 Å². The zero-order valence-electron chi connectivity index (χ0n) is 7.28. The van der Waals surface area contributed by atoms with Crippen LogP contribution < -0.4 is 5.32 Å². The molecule has 5 heteroatoms. The lowest BCUT2D eigenvalue weighted by molar-refractivity contribution is -0.133. The molecule has 13 heavy (non-hydrogen) atoms. The van der Waals surface area contributed by atoms with E-state index in [0.29, 0.717) is 10.4 Å². The normalized spacial score (nSPS) is 17.2. The molecule has 0 unspecified atom stereocenters. The summed E-state index contributed by atoms with van der Waals surface area (Å²) in [6.45, 7) is 0. The zero-order chi connectivity index (χ0) is 9.68. The van der Waals surface area contributed by atoms with E-state index in [1.54, 1.807) is 0 Å². The van der Waals surface area contributed by atoms with E-state index in [0.717, 1.165) is 12.8 Å². The SMILES string of the molecule is O=C(O)CSC(=S)NC1CCCC1. The molecule has 2 N–H and O–H groups in total. The van der Waals surface area contributed by atoms with Gasteiger partial charge in [0.25, 0.3) is 0 Å². The molecule has 0 aromatic carbocycles. The van der Waals surface area contributed by atoms with E-state index in [-0.39, 0.29) is 5.75 Å². The highest BCUT2D eigenvalue weighted by Crippen LogP contribution is 2.18. The summed E-state index contributed by atoms with van der Waals surface area (Å²) in [5.74, 6) is -0.765. The molecular weight excluding hydrogens is 206 g/mol. The molecule has 1 aliphatic carbocycles. The second-order valence-electron chi connectivity index (χ2n) is 3.10. The van der Waals surface area contributed by atoms with Crippen LogP contribution in [0.4, 0.5) is 0 Å². The first-order valence-corrected chi connectivity index (χ1v) is 5.73. The highest BCUT2D eigenvalue weighted by atomic mass is 32.2. The predicted octanol–water partition coefficient (Wildman–Crippen LogP) is 1.62. The van der Waals surface area contributed by atoms with Gasteiger partial charge in [0.1, 0.15) is 4.32 Å². The van der Waals surface area contributed by atoms with Crippen molar-refractivity contribution in [3.8, 4) is 0 Å². The Balaban J connectivity index is 2.13. The summed E-state index contributed by atoms with van der Waals surface area (Å²) in [4.78, 5) is 10.2. The number of carboxylic acid groups (broad SMARTS) is 1. The summed E-state index contributed by atoms with van der Waals surface area (Å²) >= 11 is 6.19. The minimum absolute atomic E-state index is 0.0541. The van der Waals surface area contributed by atoms with Crippen LogP contribution in [-0.2, 0) is 4.79 Å². The van der Waals surface area contributed by atoms with Crippen molar-refractivity contribution in [2.24, 2.45) is 0 Å². The minimum atomic E-state index is -0.819. The van der Waals surface area contributed by atoms with E-state index in [1.165, 1.54) is 24.6 Å². The molecule has 0 aromatic heterocycles. The van der Waals surface area contributed by atoms with Gasteiger partial charge in [0.05, 0.1) is 5.75 Å². The quantitative estimate of drug-likeness (QED) is 0.706. The summed E-state index contributed by atoms with van der Waals surface area (Å²) in [6, 6.07) is 0.480. The number of thiocarbonyl (C=S) groups is 1. The molecule has 0 spiro atoms. The van der Waals surface area contributed by atoms with Crippen molar-refractivity contribution in [1.29, 1.82) is 0 Å². The monoisotopic (exact) mass is 219 g/mol. The van der Waals surface area contributed by atoms with Gasteiger partial charge in [-0.05, 0) is 12.8 Å². The fourth-order valence-corrected chi connectivity index (χ4v) is 2.25. The summed E-state index contributed by atoms with van der Waals surface area (Å²) in [7, 11) is 0. The Hall–Kier alpha value is -0.290. The molecule has 0 aliphatic heterocycles. The van der Waals surface area contributed by atoms with Crippen LogP contribution in [0, 0.1) is 0 Å². The molecule has 0 radical (unpaired) electrons. The molecule has 1 rings (SSSR count). The molecule has 1 fully saturated rings. The van der Waals surface area contributed by atoms with Crippen molar-refractivity contribution < 1.29 is 9.90 Å². The van der Waals surface area contributed by atoms with Crippen LogP contribution in [0.25, 0.3) is 0 Å². The average molecular weight is 219 g/mol. The van der Waals surface area contributed by atoms with Crippen LogP contribution in [0.1, 0.15) is 25.7 Å². The molecule has 0 bridgehead atoms. The third-order valence-electron chi connectivity index (χ3n) is 2.00. The van der Waals surface area contributed by atoms with Crippen LogP contribution >= 0.6 is 24.0 Å². The largest absolute Gasteiger partial charge is 0.481 e. The molecule has 1 saturated carbocycles. The summed E-state index contributed by atoms with van der Waals surface area (Å²) in [5, 5.41) is 11.6. The van der Waals surface area contributed by atoms with Crippen molar-refractivity contribution in [2.75, 3.05) is 5.75 Å². The van der Waals surface area contributed by atoms with Crippen LogP contribution in [-0.4, -0.2) is 27.2 Å². The number of carbonyl (C=O) groups is 1. The fourth-order valence-electron chi connectivity index (χ4n) is 1.41. The molecule has 0 heterocycles. The van der Waals surface area contributed by atoms with E-state index in [1.807, 2.05) is 0 Å². The second kappa shape index (κ2) is 5.44. The van der Waals surface area contributed by atoms with E-state index < -0.39 is 5.97 Å². The summed E-state index contributed by atoms with van der Waals surface area (Å²) < 4.78 is 0.620. The highest BCUT2D eigenvalue weighted by molar-refractivity contribution is 8.23. The van der Waals surface area contributed by atoms with Crippen LogP contribution in [0.5, 0.6) is 0 Å². The standard InChI is InChI=1S/C8H13NO2S2/c10-7(11)5-13-8(12)9-6-3-1-2-4-6/h6H,1-5H2,(H,9,12)(H,10,11). The van der Waals surface area contributed by atoms with Crippen molar-refractivity contribution in [3.05, 3.63) is 0 Å². The molecule has 74 valence electrons. The lowest BCUT2D eigenvalue weighted by Gasteiger charge is -2.12. The average Bonchev–Trinajstić information content (AvgIpc) is 2.53. The third-order valence-corrected chi connectivity index (χ3v) is 3.25. The Kier molecular flexibility index (Phi) is 4.52. The van der Waals surface area contributed by atoms with E-state index in [4.69, 9.17) is 17.3 Å². The first kappa shape index (κ1) is 10.8. The Morgan fingerprint density at radius 2 is 2.15 bits per heavy atom. The van der Waals surface area contributed by atoms with Gasteiger partial charge >= 0.3 is 5.97 Å². The van der Waals surface area contributed by atoms with E-state index in [9.17, 15) is 4.79 Å². The molecule has 0 amide bonds. The van der Waals surface area contributed by atoms with Crippen LogP contribution in [0.15, 0.2) is 0 Å². The summed E-state index contributed by atoms with van der Waals surface area (Å²) in [6.07, 6.45) is 4.83. The minimum Gasteiger partial charge on any atom is -0.481 e. The maximum Gasteiger partial charge on any atom is 0.313 e. The molecule has 1 aliphatic rings. The van der Waals surface area contributed by atoms with Crippen molar-refractivity contribution >= 4 is 34.3 Å². The number of hydrogen-bond acceptors (Lipinski definition) is 3. The van der Waals surface area contributed by atoms with Gasteiger partial charge < -0.3 is 10.4 Å². The Morgan fingerprint density at radius 3 is 2.69 bits per heavy atom. The smallest absolute Gasteiger partial charge is 0.313 e. The van der Waals surface area contributed by atoms with Gasteiger partial charge in [0.15, 0.2) is 0 Å². The second-order valence-corrected chi connectivity index (χ2v) is 4.75. The van der Waals surface area contributed by atoms with Crippen molar-refractivity contribution in [3.63, 3.8) is 0 Å². The fraction of sp³-hybridized carbons (Fsp3) is 0.750. The summed E-state index contributed by atoms with van der Waals surface area (Å²) in [5.41, 5.74) is 0. The number of rotatable bonds is 3. The lowest BCUT2D eigenvalue weighted by Crippen LogP contribution is -2.29. The first-order valence-electron chi connectivity index (χ1n) is 4.33. The Labute approximate surface area is 87.3 Å². The van der Waals surface area contributed by atoms with Gasteiger partial charge in [-0.15, -0.1) is 0 Å². The van der Waals surface area contributed by atoms with Gasteiger partial charge in [-0.1, -0.05) is 36.8 Å². The Morgan fingerprint density at radius 1 is 1.54 bits per heavy atom. The third kappa shape index (κ3) is 4.47. The van der Waals surface area contributed by atoms with Gasteiger partial charge in [-0.25, -0.2) is 0 Å². The number of aliphatic carboxylic acids is 1. The lowest BCUT2D eigenvalue weighted by atomic mass is 10.3. The van der Waals surface area contributed by atoms with Gasteiger partial charge in [-0.3, -0.25) is 4.79 Å². The van der Waals surface area contributed by atoms with Gasteiger partial charge in [0.2, 0.25) is 0 Å². The number of hydrogen-bond donors (Lipinski definition) is 2. The number of carboxylic acids is 1. The maximum atomic E-state index is 10.2. The van der Waals surface area contributed by atoms with E-state index >= 15 is 0 Å². The predicted molar refractivity (Wildman–Crippen MR) is 58.1 cm³/mol. The van der Waals surface area contributed by atoms with E-state index in [2.05, 4.69) is 5.32 Å². The van der Waals surface area contributed by atoms with Crippen LogP contribution in [0.2, 0.25) is 0 Å². The van der Waals surface area contributed by atoms with Gasteiger partial charge in [0, 0.05) is 6.04 Å². The molecule has 0 atom stereocenters. The van der Waals surface area contributed by atoms with Gasteiger partial charge in [-0.2, -0.15) is 0 Å². The highest BCUT2D eigenvalue weighted by Gasteiger charge is 2.15. The molecular formula is C8H13NO2S2. The van der Waals surface area contributed by atoms with Crippen LogP contribution in [0.3, 0.4) is 0 Å². The molecule has 0 aromatic rings. The Bertz CT molecular complexity index is 202.